The van der Waals surface area contributed by atoms with Gasteiger partial charge in [0, 0.05) is 16.1 Å². The van der Waals surface area contributed by atoms with E-state index in [4.69, 9.17) is 44.3 Å². The summed E-state index contributed by atoms with van der Waals surface area (Å²) in [6.07, 6.45) is 0. The molecule has 0 spiro atoms. The molecule has 0 N–H and O–H groups in total. The van der Waals surface area contributed by atoms with Crippen LogP contribution in [0.1, 0.15) is 22.8 Å². The summed E-state index contributed by atoms with van der Waals surface area (Å²) in [5.74, 6) is 0.719. The van der Waals surface area contributed by atoms with E-state index in [0.29, 0.717) is 23.1 Å². The largest absolute Gasteiger partial charge is 0.490 e. The lowest BCUT2D eigenvalue weighted by Crippen LogP contribution is -2.02. The quantitative estimate of drug-likeness (QED) is 0.652. The number of hydrogen-bond donors (Lipinski definition) is 0. The van der Waals surface area contributed by atoms with Gasteiger partial charge in [-0.25, -0.2) is 0 Å². The van der Waals surface area contributed by atoms with Gasteiger partial charge in [-0.15, -0.1) is 0 Å². The number of ether oxygens (including phenoxy) is 2. The molecule has 0 amide bonds. The van der Waals surface area contributed by atoms with Gasteiger partial charge in [-0.2, -0.15) is 0 Å². The van der Waals surface area contributed by atoms with Gasteiger partial charge < -0.3 is 9.47 Å². The van der Waals surface area contributed by atoms with Crippen molar-refractivity contribution in [3.05, 3.63) is 57.6 Å². The highest BCUT2D eigenvalue weighted by Gasteiger charge is 2.16. The molecule has 22 heavy (non-hydrogen) atoms. The minimum Gasteiger partial charge on any atom is -0.490 e. The van der Waals surface area contributed by atoms with Crippen molar-refractivity contribution in [1.82, 2.24) is 0 Å². The van der Waals surface area contributed by atoms with Gasteiger partial charge in [0.15, 0.2) is 11.5 Å². The Bertz CT molecular complexity index is 686. The third-order valence-electron chi connectivity index (χ3n) is 2.87. The van der Waals surface area contributed by atoms with E-state index in [1.54, 1.807) is 6.07 Å². The second-order valence-corrected chi connectivity index (χ2v) is 5.53. The molecule has 0 unspecified atom stereocenters. The van der Waals surface area contributed by atoms with Crippen molar-refractivity contribution in [2.75, 3.05) is 6.61 Å². The van der Waals surface area contributed by atoms with E-state index in [9.17, 15) is 4.79 Å². The first-order valence-corrected chi connectivity index (χ1v) is 7.68. The summed E-state index contributed by atoms with van der Waals surface area (Å²) in [5, 5.41) is 0.242. The van der Waals surface area contributed by atoms with Crippen LogP contribution < -0.4 is 9.47 Å². The second kappa shape index (κ2) is 7.73. The Kier molecular flexibility index (Phi) is 5.95. The monoisotopic (exact) mass is 358 g/mol. The Morgan fingerprint density at radius 2 is 1.82 bits per heavy atom. The van der Waals surface area contributed by atoms with Gasteiger partial charge in [0.2, 0.25) is 0 Å². The van der Waals surface area contributed by atoms with E-state index in [0.717, 1.165) is 5.56 Å². The second-order valence-electron chi connectivity index (χ2n) is 4.37. The maximum Gasteiger partial charge on any atom is 0.252 e. The van der Waals surface area contributed by atoms with Gasteiger partial charge in [0.1, 0.15) is 6.61 Å². The molecule has 2 aromatic carbocycles. The normalized spacial score (nSPS) is 10.4. The minimum atomic E-state index is -0.611. The van der Waals surface area contributed by atoms with Crippen LogP contribution in [0.3, 0.4) is 0 Å². The zero-order valence-corrected chi connectivity index (χ0v) is 14.0. The summed E-state index contributed by atoms with van der Waals surface area (Å²) in [6.45, 7) is 2.45. The molecule has 0 saturated heterocycles. The number of hydrogen-bond acceptors (Lipinski definition) is 3. The van der Waals surface area contributed by atoms with Gasteiger partial charge in [0.25, 0.3) is 5.24 Å². The summed E-state index contributed by atoms with van der Waals surface area (Å²) >= 11 is 17.7. The van der Waals surface area contributed by atoms with Crippen LogP contribution in [0.5, 0.6) is 11.5 Å². The highest BCUT2D eigenvalue weighted by atomic mass is 35.5. The first-order valence-electron chi connectivity index (χ1n) is 6.55. The van der Waals surface area contributed by atoms with Crippen LogP contribution in [0.2, 0.25) is 10.0 Å². The predicted octanol–water partition coefficient (Wildman–Crippen LogP) is 5.35. The Balaban J connectivity index is 2.29. The van der Waals surface area contributed by atoms with Crippen LogP contribution in [0.4, 0.5) is 0 Å². The molecule has 116 valence electrons. The van der Waals surface area contributed by atoms with E-state index < -0.39 is 5.24 Å². The van der Waals surface area contributed by atoms with Crippen molar-refractivity contribution >= 4 is 40.0 Å². The van der Waals surface area contributed by atoms with Crippen LogP contribution in [0.15, 0.2) is 36.4 Å². The molecule has 2 rings (SSSR count). The van der Waals surface area contributed by atoms with E-state index in [1.165, 1.54) is 12.1 Å². The molecule has 2 aromatic rings. The summed E-state index contributed by atoms with van der Waals surface area (Å²) in [6, 6.07) is 10.3. The summed E-state index contributed by atoms with van der Waals surface area (Å²) in [7, 11) is 0. The standard InChI is InChI=1S/C16H13Cl3O3/c1-2-21-14-8-11(16(19)20)7-13(18)15(14)22-9-10-5-3-4-6-12(10)17/h3-8H,2,9H2,1H3. The number of halogens is 3. The highest BCUT2D eigenvalue weighted by molar-refractivity contribution is 6.67. The molecular formula is C16H13Cl3O3. The average Bonchev–Trinajstić information content (AvgIpc) is 2.48. The van der Waals surface area contributed by atoms with Crippen molar-refractivity contribution in [3.8, 4) is 11.5 Å². The Morgan fingerprint density at radius 3 is 2.45 bits per heavy atom. The minimum absolute atomic E-state index is 0.230. The third-order valence-corrected chi connectivity index (χ3v) is 3.73. The number of benzene rings is 2. The fourth-order valence-corrected chi connectivity index (χ4v) is 2.41. The lowest BCUT2D eigenvalue weighted by atomic mass is 10.2. The smallest absolute Gasteiger partial charge is 0.252 e. The lowest BCUT2D eigenvalue weighted by Gasteiger charge is -2.15. The van der Waals surface area contributed by atoms with Crippen molar-refractivity contribution < 1.29 is 14.3 Å². The van der Waals surface area contributed by atoms with Crippen LogP contribution in [0, 0.1) is 0 Å². The zero-order valence-electron chi connectivity index (χ0n) is 11.7. The number of carbonyl (C=O) groups excluding carboxylic acids is 1. The van der Waals surface area contributed by atoms with Crippen molar-refractivity contribution in [3.63, 3.8) is 0 Å². The van der Waals surface area contributed by atoms with Crippen LogP contribution in [0.25, 0.3) is 0 Å². The molecule has 0 saturated carbocycles. The fourth-order valence-electron chi connectivity index (χ4n) is 1.85. The molecule has 0 atom stereocenters. The van der Waals surface area contributed by atoms with Crippen molar-refractivity contribution in [1.29, 1.82) is 0 Å². The van der Waals surface area contributed by atoms with Crippen LogP contribution >= 0.6 is 34.8 Å². The third kappa shape index (κ3) is 4.07. The molecule has 0 aliphatic carbocycles. The van der Waals surface area contributed by atoms with Crippen LogP contribution in [-0.2, 0) is 6.61 Å². The Hall–Kier alpha value is -1.42. The lowest BCUT2D eigenvalue weighted by molar-refractivity contribution is 0.108. The molecule has 0 aromatic heterocycles. The Labute approximate surface area is 143 Å². The predicted molar refractivity (Wildman–Crippen MR) is 88.6 cm³/mol. The molecule has 0 heterocycles. The molecule has 0 bridgehead atoms. The van der Waals surface area contributed by atoms with Gasteiger partial charge >= 0.3 is 0 Å². The fraction of sp³-hybridized carbons (Fsp3) is 0.188. The average molecular weight is 360 g/mol. The van der Waals surface area contributed by atoms with Crippen molar-refractivity contribution in [2.45, 2.75) is 13.5 Å². The maximum absolute atomic E-state index is 11.3. The SMILES string of the molecule is CCOc1cc(C(=O)Cl)cc(Cl)c1OCc1ccccc1Cl. The molecule has 6 heteroatoms. The molecule has 0 radical (unpaired) electrons. The molecule has 0 aliphatic heterocycles. The highest BCUT2D eigenvalue weighted by Crippen LogP contribution is 2.37. The van der Waals surface area contributed by atoms with E-state index >= 15 is 0 Å². The summed E-state index contributed by atoms with van der Waals surface area (Å²) in [5.41, 5.74) is 1.07. The zero-order chi connectivity index (χ0) is 16.1. The summed E-state index contributed by atoms with van der Waals surface area (Å²) in [4.78, 5) is 11.3. The molecule has 0 fully saturated rings. The first kappa shape index (κ1) is 16.9. The van der Waals surface area contributed by atoms with Gasteiger partial charge in [0.05, 0.1) is 11.6 Å². The maximum atomic E-state index is 11.3. The topological polar surface area (TPSA) is 35.5 Å². The molecule has 0 aliphatic rings. The van der Waals surface area contributed by atoms with Crippen molar-refractivity contribution in [2.24, 2.45) is 0 Å². The number of rotatable bonds is 6. The van der Waals surface area contributed by atoms with Gasteiger partial charge in [-0.05, 0) is 36.7 Å². The Morgan fingerprint density at radius 1 is 1.09 bits per heavy atom. The van der Waals surface area contributed by atoms with E-state index in [1.807, 2.05) is 25.1 Å². The first-order chi connectivity index (χ1) is 10.5. The van der Waals surface area contributed by atoms with E-state index in [2.05, 4.69) is 0 Å². The van der Waals surface area contributed by atoms with Gasteiger partial charge in [-0.1, -0.05) is 41.4 Å². The van der Waals surface area contributed by atoms with E-state index in [-0.39, 0.29) is 17.2 Å². The van der Waals surface area contributed by atoms with Crippen LogP contribution in [-0.4, -0.2) is 11.8 Å². The molecule has 3 nitrogen and oxygen atoms in total. The summed E-state index contributed by atoms with van der Waals surface area (Å²) < 4.78 is 11.2. The molecular weight excluding hydrogens is 347 g/mol. The van der Waals surface area contributed by atoms with Gasteiger partial charge in [-0.3, -0.25) is 4.79 Å². The number of carbonyl (C=O) groups is 1.